The molecule has 3 rings (SSSR count). The van der Waals surface area contributed by atoms with Gasteiger partial charge in [-0.1, -0.05) is 0 Å². The van der Waals surface area contributed by atoms with Crippen LogP contribution in [0, 0.1) is 0 Å². The van der Waals surface area contributed by atoms with E-state index in [2.05, 4.69) is 14.2 Å². The molecule has 0 amide bonds. The maximum absolute atomic E-state index is 10.5. The average Bonchev–Trinajstić information content (AvgIpc) is 3.47. The second-order valence-electron chi connectivity index (χ2n) is 7.82. The Labute approximate surface area is 320 Å². The Morgan fingerprint density at radius 1 is 0.490 bits per heavy atom. The number of rotatable bonds is 6. The summed E-state index contributed by atoms with van der Waals surface area (Å²) in [4.78, 5) is 82.9. The summed E-state index contributed by atoms with van der Waals surface area (Å²) in [6.07, 6.45) is -8.33. The first-order chi connectivity index (χ1) is 20.7. The standard InChI is InChI=1S/3C6H8O6.3Mg.2H3O4P/c3*7-1-2(8)5-3(9)4(10)6(11)12-5;;;;2*1-5(2,3)4/h3*2,5,7-10H,1H2;;;;2*(H3,1,2,3,4)/q;;;3*+2;;/p-6/t3*2-,5+;;;;;/m000...../s1. The van der Waals surface area contributed by atoms with E-state index in [0.717, 1.165) is 0 Å². The number of ether oxygens (including phenoxy) is 3. The minimum absolute atomic E-state index is 0. The molecule has 0 fully saturated rings. The largest absolute Gasteiger partial charge is 2.00 e. The molecule has 3 aliphatic rings. The average molecular weight is 791 g/mol. The van der Waals surface area contributed by atoms with Gasteiger partial charge in [0.25, 0.3) is 0 Å². The van der Waals surface area contributed by atoms with Crippen molar-refractivity contribution in [2.45, 2.75) is 36.6 Å². The molecule has 0 radical (unpaired) electrons. The molecule has 0 unspecified atom stereocenters. The first-order valence-corrected chi connectivity index (χ1v) is 14.0. The fourth-order valence-electron chi connectivity index (χ4n) is 2.47. The van der Waals surface area contributed by atoms with Crippen molar-refractivity contribution in [2.24, 2.45) is 0 Å². The molecule has 0 saturated heterocycles. The van der Waals surface area contributed by atoms with Gasteiger partial charge in [-0.15, -0.1) is 0 Å². The molecular weight excluding hydrogens is 767 g/mol. The number of hydrogen-bond acceptors (Lipinski definition) is 26. The third-order valence-electron chi connectivity index (χ3n) is 4.43. The van der Waals surface area contributed by atoms with Crippen LogP contribution < -0.4 is 29.4 Å². The second kappa shape index (κ2) is 25.6. The molecule has 49 heavy (non-hydrogen) atoms. The summed E-state index contributed by atoms with van der Waals surface area (Å²) in [5.41, 5.74) is 0. The van der Waals surface area contributed by atoms with E-state index >= 15 is 0 Å². The van der Waals surface area contributed by atoms with Gasteiger partial charge in [-0.2, -0.15) is 15.6 Å². The second-order valence-corrected chi connectivity index (χ2v) is 9.61. The Morgan fingerprint density at radius 3 is 0.714 bits per heavy atom. The summed E-state index contributed by atoms with van der Waals surface area (Å²) in [6.45, 7) is -2.01. The number of carbonyl (C=O) groups excluding carboxylic acids is 3. The van der Waals surface area contributed by atoms with Crippen LogP contribution in [0.25, 0.3) is 0 Å². The van der Waals surface area contributed by atoms with Crippen LogP contribution in [0.2, 0.25) is 0 Å². The Hall–Kier alpha value is -1.29. The number of hydrogen-bond donors (Lipinski definition) is 12. The number of phosphoric acid groups is 2. The summed E-state index contributed by atoms with van der Waals surface area (Å²) in [5.74, 6) is -8.34. The summed E-state index contributed by atoms with van der Waals surface area (Å²) in [7, 11) is -10.8. The maximum Gasteiger partial charge on any atom is 2.00 e. The van der Waals surface area contributed by atoms with Crippen molar-refractivity contribution in [3.05, 3.63) is 34.6 Å². The Morgan fingerprint density at radius 2 is 0.633 bits per heavy atom. The summed E-state index contributed by atoms with van der Waals surface area (Å²) in [6, 6.07) is 0. The maximum atomic E-state index is 10.5. The van der Waals surface area contributed by atoms with Gasteiger partial charge in [-0.3, -0.25) is 0 Å². The van der Waals surface area contributed by atoms with Crippen LogP contribution in [0.3, 0.4) is 0 Å². The monoisotopic (exact) mass is 790 g/mol. The van der Waals surface area contributed by atoms with Gasteiger partial charge in [0.05, 0.1) is 19.8 Å². The van der Waals surface area contributed by atoms with Crippen molar-refractivity contribution >= 4 is 103 Å². The Kier molecular flexibility index (Phi) is 29.8. The quantitative estimate of drug-likeness (QED) is 0.0514. The van der Waals surface area contributed by atoms with E-state index in [1.807, 2.05) is 0 Å². The van der Waals surface area contributed by atoms with Crippen LogP contribution in [0.1, 0.15) is 0 Å². The molecule has 0 bridgehead atoms. The Bertz CT molecular complexity index is 1100. The zero-order valence-corrected chi connectivity index (χ0v) is 30.2. The van der Waals surface area contributed by atoms with Crippen molar-refractivity contribution < 1.29 is 128 Å². The van der Waals surface area contributed by atoms with E-state index in [1.165, 1.54) is 0 Å². The molecular formula is C18H24Mg3O26P2. The van der Waals surface area contributed by atoms with Gasteiger partial charge in [0.15, 0.2) is 35.6 Å². The Balaban J connectivity index is -0.000000169. The molecule has 268 valence electrons. The number of cyclic esters (lactones) is 3. The minimum atomic E-state index is -5.39. The van der Waals surface area contributed by atoms with Crippen LogP contribution in [0.15, 0.2) is 34.6 Å². The molecule has 3 heterocycles. The zero-order valence-electron chi connectivity index (χ0n) is 24.2. The predicted molar refractivity (Wildman–Crippen MR) is 138 cm³/mol. The summed E-state index contributed by atoms with van der Waals surface area (Å²) >= 11 is 0. The van der Waals surface area contributed by atoms with Crippen LogP contribution in [0.5, 0.6) is 0 Å². The van der Waals surface area contributed by atoms with E-state index in [0.29, 0.717) is 0 Å². The van der Waals surface area contributed by atoms with Crippen molar-refractivity contribution in [1.29, 1.82) is 0 Å². The van der Waals surface area contributed by atoms with Crippen molar-refractivity contribution in [3.8, 4) is 0 Å². The molecule has 3 aliphatic heterocycles. The number of aliphatic hydroxyl groups excluding tert-OH is 12. The number of carbonyl (C=O) groups is 3. The minimum Gasteiger partial charge on any atom is -0.822 e. The molecule has 6 atom stereocenters. The van der Waals surface area contributed by atoms with Crippen molar-refractivity contribution in [2.75, 3.05) is 19.8 Å². The molecule has 0 saturated carbocycles. The number of aliphatic hydroxyl groups is 12. The smallest absolute Gasteiger partial charge is 0.822 e. The van der Waals surface area contributed by atoms with Gasteiger partial charge >= 0.3 is 87.1 Å². The molecule has 12 N–H and O–H groups in total. The molecule has 0 spiro atoms. The van der Waals surface area contributed by atoms with Gasteiger partial charge < -0.3 is 114 Å². The summed E-state index contributed by atoms with van der Waals surface area (Å²) in [5, 5.41) is 105. The SMILES string of the molecule is O=C1O[C@H]([C@@H](O)CO)C(O)=C1O.O=C1O[C@H]([C@@H](O)CO)C(O)=C1O.O=C1O[C@H]([C@@H](O)CO)C(O)=C1O.O=P([O-])([O-])[O-].O=P([O-])([O-])[O-].[Mg+2].[Mg+2].[Mg+2]. The van der Waals surface area contributed by atoms with Crippen molar-refractivity contribution in [1.82, 2.24) is 0 Å². The van der Waals surface area contributed by atoms with Gasteiger partial charge in [0.1, 0.15) is 18.3 Å². The van der Waals surface area contributed by atoms with E-state index < -0.39 is 125 Å². The third kappa shape index (κ3) is 22.3. The first-order valence-electron chi connectivity index (χ1n) is 11.0. The first kappa shape index (κ1) is 57.1. The molecule has 0 aromatic rings. The molecule has 0 aromatic heterocycles. The van der Waals surface area contributed by atoms with E-state index in [-0.39, 0.29) is 69.2 Å². The normalized spacial score (nSPS) is 21.4. The third-order valence-corrected chi connectivity index (χ3v) is 4.43. The van der Waals surface area contributed by atoms with E-state index in [9.17, 15) is 14.4 Å². The van der Waals surface area contributed by atoms with Crippen LogP contribution in [-0.4, -0.2) is 205 Å². The van der Waals surface area contributed by atoms with Crippen LogP contribution >= 0.6 is 15.6 Å². The molecule has 0 aromatic carbocycles. The van der Waals surface area contributed by atoms with Crippen LogP contribution in [-0.2, 0) is 37.7 Å². The molecule has 26 nitrogen and oxygen atoms in total. The van der Waals surface area contributed by atoms with Crippen LogP contribution in [0.4, 0.5) is 0 Å². The molecule has 31 heteroatoms. The summed E-state index contributed by atoms with van der Waals surface area (Å²) < 4.78 is 30.0. The number of esters is 3. The van der Waals surface area contributed by atoms with Gasteiger partial charge in [0.2, 0.25) is 17.3 Å². The predicted octanol–water partition coefficient (Wildman–Crippen LogP) is -11.0. The topological polar surface area (TPSA) is 494 Å². The van der Waals surface area contributed by atoms with Gasteiger partial charge in [-0.05, 0) is 0 Å². The van der Waals surface area contributed by atoms with Crippen molar-refractivity contribution in [3.63, 3.8) is 0 Å². The van der Waals surface area contributed by atoms with E-state index in [1.54, 1.807) is 0 Å². The van der Waals surface area contributed by atoms with Gasteiger partial charge in [-0.25, -0.2) is 14.4 Å². The fourth-order valence-corrected chi connectivity index (χ4v) is 2.47. The zero-order chi connectivity index (χ0) is 36.9. The van der Waals surface area contributed by atoms with Gasteiger partial charge in [0, 0.05) is 0 Å². The fraction of sp³-hybridized carbons (Fsp3) is 0.500. The molecule has 0 aliphatic carbocycles. The van der Waals surface area contributed by atoms with E-state index in [4.69, 9.17) is 99.8 Å².